The van der Waals surface area contributed by atoms with Gasteiger partial charge in [-0.2, -0.15) is 0 Å². The van der Waals surface area contributed by atoms with Gasteiger partial charge in [0.15, 0.2) is 6.23 Å². The molecule has 1 unspecified atom stereocenters. The zero-order valence-corrected chi connectivity index (χ0v) is 10.3. The van der Waals surface area contributed by atoms with Crippen LogP contribution < -0.4 is 10.5 Å². The van der Waals surface area contributed by atoms with Gasteiger partial charge in [-0.05, 0) is 24.6 Å². The predicted octanol–water partition coefficient (Wildman–Crippen LogP) is 1.78. The molecule has 1 atom stereocenters. The molecule has 4 nitrogen and oxygen atoms in total. The normalized spacial score (nSPS) is 15.2. The highest BCUT2D eigenvalue weighted by Crippen LogP contribution is 2.33. The van der Waals surface area contributed by atoms with E-state index in [1.165, 1.54) is 0 Å². The van der Waals surface area contributed by atoms with Crippen molar-refractivity contribution in [2.45, 2.75) is 19.6 Å². The Morgan fingerprint density at radius 2 is 2.41 bits per heavy atom. The Kier molecular flexibility index (Phi) is 3.66. The summed E-state index contributed by atoms with van der Waals surface area (Å²) in [5.41, 5.74) is 6.99. The molecule has 92 valence electrons. The SMILES string of the molecule is CCOC(N)C(=O)c1cc(Cl)cc2c1OCC2. The Bertz CT molecular complexity index is 448. The van der Waals surface area contributed by atoms with Crippen molar-refractivity contribution in [3.63, 3.8) is 0 Å². The molecule has 0 bridgehead atoms. The van der Waals surface area contributed by atoms with Gasteiger partial charge in [0.05, 0.1) is 12.2 Å². The fraction of sp³-hybridized carbons (Fsp3) is 0.417. The highest BCUT2D eigenvalue weighted by atomic mass is 35.5. The van der Waals surface area contributed by atoms with E-state index < -0.39 is 6.23 Å². The number of hydrogen-bond acceptors (Lipinski definition) is 4. The van der Waals surface area contributed by atoms with E-state index in [4.69, 9.17) is 26.8 Å². The van der Waals surface area contributed by atoms with Crippen molar-refractivity contribution in [2.24, 2.45) is 5.73 Å². The van der Waals surface area contributed by atoms with Gasteiger partial charge in [0.1, 0.15) is 5.75 Å². The van der Waals surface area contributed by atoms with Crippen LogP contribution >= 0.6 is 11.6 Å². The van der Waals surface area contributed by atoms with Crippen molar-refractivity contribution >= 4 is 17.4 Å². The fourth-order valence-corrected chi connectivity index (χ4v) is 2.10. The van der Waals surface area contributed by atoms with E-state index in [9.17, 15) is 4.79 Å². The van der Waals surface area contributed by atoms with Crippen LogP contribution in [0.2, 0.25) is 5.02 Å². The third-order valence-corrected chi connectivity index (χ3v) is 2.84. The molecule has 0 fully saturated rings. The maximum atomic E-state index is 12.1. The number of ether oxygens (including phenoxy) is 2. The second-order valence-corrected chi connectivity index (χ2v) is 4.22. The number of fused-ring (bicyclic) bond motifs is 1. The van der Waals surface area contributed by atoms with E-state index in [0.29, 0.717) is 29.5 Å². The van der Waals surface area contributed by atoms with Crippen molar-refractivity contribution in [3.8, 4) is 5.75 Å². The first-order chi connectivity index (χ1) is 8.13. The summed E-state index contributed by atoms with van der Waals surface area (Å²) >= 11 is 5.96. The Hall–Kier alpha value is -1.10. The molecule has 0 saturated heterocycles. The van der Waals surface area contributed by atoms with Crippen molar-refractivity contribution in [2.75, 3.05) is 13.2 Å². The number of hydrogen-bond donors (Lipinski definition) is 1. The minimum atomic E-state index is -0.966. The number of ketones is 1. The van der Waals surface area contributed by atoms with Crippen LogP contribution in [0.3, 0.4) is 0 Å². The fourth-order valence-electron chi connectivity index (χ4n) is 1.86. The molecule has 0 aliphatic carbocycles. The van der Waals surface area contributed by atoms with E-state index >= 15 is 0 Å². The van der Waals surface area contributed by atoms with Crippen molar-refractivity contribution in [1.29, 1.82) is 0 Å². The van der Waals surface area contributed by atoms with Gasteiger partial charge in [-0.1, -0.05) is 11.6 Å². The largest absolute Gasteiger partial charge is 0.492 e. The molecule has 1 heterocycles. The number of Topliss-reactive ketones (excluding diaryl/α,β-unsaturated/α-hetero) is 1. The van der Waals surface area contributed by atoms with Crippen LogP contribution in [0.15, 0.2) is 12.1 Å². The Morgan fingerprint density at radius 1 is 1.65 bits per heavy atom. The van der Waals surface area contributed by atoms with E-state index in [1.807, 2.05) is 6.07 Å². The van der Waals surface area contributed by atoms with Gasteiger partial charge in [-0.15, -0.1) is 0 Å². The van der Waals surface area contributed by atoms with Crippen LogP contribution in [-0.2, 0) is 11.2 Å². The van der Waals surface area contributed by atoms with Crippen LogP contribution in [0.5, 0.6) is 5.75 Å². The average Bonchev–Trinajstić information content (AvgIpc) is 2.75. The minimum absolute atomic E-state index is 0.299. The number of benzene rings is 1. The molecule has 1 aromatic rings. The lowest BCUT2D eigenvalue weighted by Gasteiger charge is -2.13. The lowest BCUT2D eigenvalue weighted by Crippen LogP contribution is -2.33. The first-order valence-corrected chi connectivity index (χ1v) is 5.88. The molecule has 2 N–H and O–H groups in total. The monoisotopic (exact) mass is 255 g/mol. The third kappa shape index (κ3) is 2.44. The van der Waals surface area contributed by atoms with E-state index in [0.717, 1.165) is 12.0 Å². The standard InChI is InChI=1S/C12H14ClNO3/c1-2-16-12(14)10(15)9-6-8(13)5-7-3-4-17-11(7)9/h5-6,12H,2-4,14H2,1H3. The van der Waals surface area contributed by atoms with Gasteiger partial charge in [-0.3, -0.25) is 10.5 Å². The lowest BCUT2D eigenvalue weighted by molar-refractivity contribution is 0.0477. The van der Waals surface area contributed by atoms with Crippen LogP contribution in [-0.4, -0.2) is 25.2 Å². The molecular weight excluding hydrogens is 242 g/mol. The molecule has 0 saturated carbocycles. The first-order valence-electron chi connectivity index (χ1n) is 5.50. The maximum Gasteiger partial charge on any atom is 0.209 e. The Balaban J connectivity index is 2.35. The molecule has 5 heteroatoms. The Morgan fingerprint density at radius 3 is 3.12 bits per heavy atom. The summed E-state index contributed by atoms with van der Waals surface area (Å²) in [6.07, 6.45) is -0.202. The van der Waals surface area contributed by atoms with Gasteiger partial charge in [0.25, 0.3) is 0 Å². The van der Waals surface area contributed by atoms with Crippen LogP contribution in [0.25, 0.3) is 0 Å². The van der Waals surface area contributed by atoms with Gasteiger partial charge in [0, 0.05) is 18.1 Å². The van der Waals surface area contributed by atoms with Crippen LogP contribution in [0.1, 0.15) is 22.8 Å². The zero-order valence-electron chi connectivity index (χ0n) is 9.53. The summed E-state index contributed by atoms with van der Waals surface area (Å²) in [6, 6.07) is 3.39. The van der Waals surface area contributed by atoms with Crippen LogP contribution in [0.4, 0.5) is 0 Å². The number of carbonyl (C=O) groups excluding carboxylic acids is 1. The maximum absolute atomic E-state index is 12.1. The second kappa shape index (κ2) is 5.04. The first kappa shape index (κ1) is 12.4. The molecule has 0 spiro atoms. The molecule has 1 aliphatic rings. The highest BCUT2D eigenvalue weighted by molar-refractivity contribution is 6.31. The molecule has 2 rings (SSSR count). The van der Waals surface area contributed by atoms with Crippen molar-refractivity contribution in [1.82, 2.24) is 0 Å². The zero-order chi connectivity index (χ0) is 12.4. The minimum Gasteiger partial charge on any atom is -0.492 e. The van der Waals surface area contributed by atoms with E-state index in [2.05, 4.69) is 0 Å². The van der Waals surface area contributed by atoms with Gasteiger partial charge in [0.2, 0.25) is 5.78 Å². The molecule has 0 aromatic heterocycles. The topological polar surface area (TPSA) is 61.5 Å². The summed E-state index contributed by atoms with van der Waals surface area (Å²) in [5, 5.41) is 0.515. The summed E-state index contributed by atoms with van der Waals surface area (Å²) in [7, 11) is 0. The lowest BCUT2D eigenvalue weighted by atomic mass is 10.0. The van der Waals surface area contributed by atoms with E-state index in [1.54, 1.807) is 13.0 Å². The van der Waals surface area contributed by atoms with Crippen molar-refractivity contribution < 1.29 is 14.3 Å². The van der Waals surface area contributed by atoms with Gasteiger partial charge < -0.3 is 9.47 Å². The Labute approximate surface area is 105 Å². The summed E-state index contributed by atoms with van der Waals surface area (Å²) < 4.78 is 10.5. The third-order valence-electron chi connectivity index (χ3n) is 2.62. The summed E-state index contributed by atoms with van der Waals surface area (Å²) in [6.45, 7) is 2.74. The molecule has 0 amide bonds. The van der Waals surface area contributed by atoms with Crippen LogP contribution in [0, 0.1) is 0 Å². The number of nitrogens with two attached hydrogens (primary N) is 1. The molecule has 17 heavy (non-hydrogen) atoms. The van der Waals surface area contributed by atoms with Crippen molar-refractivity contribution in [3.05, 3.63) is 28.3 Å². The second-order valence-electron chi connectivity index (χ2n) is 3.78. The molecule has 0 radical (unpaired) electrons. The number of rotatable bonds is 4. The summed E-state index contributed by atoms with van der Waals surface area (Å²) in [4.78, 5) is 12.1. The predicted molar refractivity (Wildman–Crippen MR) is 64.6 cm³/mol. The van der Waals surface area contributed by atoms with Gasteiger partial charge in [-0.25, -0.2) is 0 Å². The molecule has 1 aliphatic heterocycles. The van der Waals surface area contributed by atoms with E-state index in [-0.39, 0.29) is 5.78 Å². The number of halogens is 1. The average molecular weight is 256 g/mol. The quantitative estimate of drug-likeness (QED) is 0.658. The molecular formula is C12H14ClNO3. The molecule has 1 aromatic carbocycles. The number of carbonyl (C=O) groups is 1. The smallest absolute Gasteiger partial charge is 0.209 e. The highest BCUT2D eigenvalue weighted by Gasteiger charge is 2.25. The summed E-state index contributed by atoms with van der Waals surface area (Å²) in [5.74, 6) is 0.294. The van der Waals surface area contributed by atoms with Gasteiger partial charge >= 0.3 is 0 Å².